The van der Waals surface area contributed by atoms with Gasteiger partial charge in [-0.25, -0.2) is 0 Å². The predicted molar refractivity (Wildman–Crippen MR) is 84.8 cm³/mol. The minimum absolute atomic E-state index is 0.175. The lowest BCUT2D eigenvalue weighted by atomic mass is 9.75. The van der Waals surface area contributed by atoms with Crippen LogP contribution in [-0.4, -0.2) is 55.2 Å². The second-order valence-electron chi connectivity index (χ2n) is 5.73. The lowest BCUT2D eigenvalue weighted by Crippen LogP contribution is -2.40. The Kier molecular flexibility index (Phi) is 5.56. The molecule has 24 heavy (non-hydrogen) atoms. The van der Waals surface area contributed by atoms with Crippen LogP contribution in [0.15, 0.2) is 24.3 Å². The first-order valence-electron chi connectivity index (χ1n) is 7.65. The highest BCUT2D eigenvalue weighted by Gasteiger charge is 2.54. The van der Waals surface area contributed by atoms with Gasteiger partial charge >= 0.3 is 5.97 Å². The molecule has 2 rings (SSSR count). The van der Waals surface area contributed by atoms with Crippen molar-refractivity contribution in [2.45, 2.75) is 24.7 Å². The molecule has 1 atom stereocenters. The molecule has 1 N–H and O–H groups in total. The maximum atomic E-state index is 13.0. The Morgan fingerprint density at radius 3 is 2.62 bits per heavy atom. The number of rotatable bonds is 8. The SMILES string of the molecule is COCCCN1C(=O)C[C@](CC(=O)O)(c2ccccc2OC)C1=O. The maximum absolute atomic E-state index is 13.0. The molecular weight excluding hydrogens is 314 g/mol. The second kappa shape index (κ2) is 7.44. The summed E-state index contributed by atoms with van der Waals surface area (Å²) in [5.74, 6) is -1.60. The van der Waals surface area contributed by atoms with E-state index in [-0.39, 0.29) is 18.9 Å². The van der Waals surface area contributed by atoms with Crippen LogP contribution in [-0.2, 0) is 24.5 Å². The highest BCUT2D eigenvalue weighted by molar-refractivity contribution is 6.10. The number of nitrogens with zero attached hydrogens (tertiary/aromatic N) is 1. The van der Waals surface area contributed by atoms with Crippen molar-refractivity contribution in [3.05, 3.63) is 29.8 Å². The smallest absolute Gasteiger partial charge is 0.304 e. The van der Waals surface area contributed by atoms with Crippen molar-refractivity contribution < 1.29 is 29.0 Å². The van der Waals surface area contributed by atoms with Crippen molar-refractivity contribution in [3.63, 3.8) is 0 Å². The van der Waals surface area contributed by atoms with Crippen molar-refractivity contribution in [2.24, 2.45) is 0 Å². The number of ether oxygens (including phenoxy) is 2. The van der Waals surface area contributed by atoms with E-state index in [2.05, 4.69) is 0 Å². The average molecular weight is 335 g/mol. The number of hydrogen-bond donors (Lipinski definition) is 1. The summed E-state index contributed by atoms with van der Waals surface area (Å²) in [6.07, 6.45) is -0.132. The van der Waals surface area contributed by atoms with Gasteiger partial charge in [-0.1, -0.05) is 18.2 Å². The number of hydrogen-bond acceptors (Lipinski definition) is 5. The fourth-order valence-corrected chi connectivity index (χ4v) is 3.14. The Hall–Kier alpha value is -2.41. The van der Waals surface area contributed by atoms with Crippen molar-refractivity contribution >= 4 is 17.8 Å². The molecule has 1 aromatic rings. The van der Waals surface area contributed by atoms with E-state index in [1.807, 2.05) is 0 Å². The van der Waals surface area contributed by atoms with Crippen LogP contribution < -0.4 is 4.74 Å². The van der Waals surface area contributed by atoms with Gasteiger partial charge in [0.1, 0.15) is 5.75 Å². The lowest BCUT2D eigenvalue weighted by Gasteiger charge is -2.27. The number of methoxy groups -OCH3 is 2. The van der Waals surface area contributed by atoms with Crippen LogP contribution in [0.4, 0.5) is 0 Å². The highest BCUT2D eigenvalue weighted by atomic mass is 16.5. The van der Waals surface area contributed by atoms with Crippen LogP contribution in [0.5, 0.6) is 5.75 Å². The molecule has 0 aromatic heterocycles. The molecule has 0 unspecified atom stereocenters. The molecule has 0 spiro atoms. The van der Waals surface area contributed by atoms with E-state index in [4.69, 9.17) is 9.47 Å². The van der Waals surface area contributed by atoms with Gasteiger partial charge in [0, 0.05) is 32.2 Å². The Balaban J connectivity index is 2.44. The lowest BCUT2D eigenvalue weighted by molar-refractivity contribution is -0.145. The maximum Gasteiger partial charge on any atom is 0.304 e. The molecule has 1 fully saturated rings. The number of carbonyl (C=O) groups is 3. The van der Waals surface area contributed by atoms with Gasteiger partial charge in [0.15, 0.2) is 0 Å². The van der Waals surface area contributed by atoms with Crippen LogP contribution in [0.1, 0.15) is 24.8 Å². The quantitative estimate of drug-likeness (QED) is 0.567. The zero-order valence-corrected chi connectivity index (χ0v) is 13.8. The van der Waals surface area contributed by atoms with Crippen LogP contribution in [0.2, 0.25) is 0 Å². The first kappa shape index (κ1) is 17.9. The summed E-state index contributed by atoms with van der Waals surface area (Å²) in [4.78, 5) is 37.9. The Morgan fingerprint density at radius 1 is 1.29 bits per heavy atom. The number of aliphatic carboxylic acids is 1. The number of para-hydroxylation sites is 1. The van der Waals surface area contributed by atoms with Gasteiger partial charge in [-0.2, -0.15) is 0 Å². The molecule has 1 aliphatic heterocycles. The summed E-state index contributed by atoms with van der Waals surface area (Å²) in [5.41, 5.74) is -0.995. The third kappa shape index (κ3) is 3.26. The Bertz CT molecular complexity index is 644. The fraction of sp³-hybridized carbons (Fsp3) is 0.471. The van der Waals surface area contributed by atoms with E-state index >= 15 is 0 Å². The molecular formula is C17H21NO6. The second-order valence-corrected chi connectivity index (χ2v) is 5.73. The predicted octanol–water partition coefficient (Wildman–Crippen LogP) is 1.20. The topological polar surface area (TPSA) is 93.1 Å². The number of carbonyl (C=O) groups excluding carboxylic acids is 2. The van der Waals surface area contributed by atoms with Crippen molar-refractivity contribution in [1.82, 2.24) is 4.90 Å². The van der Waals surface area contributed by atoms with E-state index in [0.29, 0.717) is 24.3 Å². The molecule has 1 saturated heterocycles. The number of amides is 2. The van der Waals surface area contributed by atoms with E-state index in [1.165, 1.54) is 14.2 Å². The molecule has 7 heteroatoms. The van der Waals surface area contributed by atoms with E-state index < -0.39 is 23.7 Å². The first-order valence-corrected chi connectivity index (χ1v) is 7.65. The van der Waals surface area contributed by atoms with Crippen LogP contribution in [0.25, 0.3) is 0 Å². The van der Waals surface area contributed by atoms with Gasteiger partial charge in [-0.15, -0.1) is 0 Å². The van der Waals surface area contributed by atoms with E-state index in [0.717, 1.165) is 4.90 Å². The van der Waals surface area contributed by atoms with Gasteiger partial charge < -0.3 is 14.6 Å². The van der Waals surface area contributed by atoms with Gasteiger partial charge in [-0.3, -0.25) is 19.3 Å². The minimum Gasteiger partial charge on any atom is -0.496 e. The Morgan fingerprint density at radius 2 is 2.00 bits per heavy atom. The van der Waals surface area contributed by atoms with Gasteiger partial charge in [0.25, 0.3) is 0 Å². The summed E-state index contributed by atoms with van der Waals surface area (Å²) in [7, 11) is 2.99. The number of carboxylic acid groups (broad SMARTS) is 1. The third-order valence-electron chi connectivity index (χ3n) is 4.21. The molecule has 0 aliphatic carbocycles. The summed E-state index contributed by atoms with van der Waals surface area (Å²) < 4.78 is 10.2. The van der Waals surface area contributed by atoms with Crippen molar-refractivity contribution in [2.75, 3.05) is 27.4 Å². The number of imide groups is 1. The zero-order chi connectivity index (χ0) is 17.7. The van der Waals surface area contributed by atoms with Gasteiger partial charge in [-0.05, 0) is 12.5 Å². The van der Waals surface area contributed by atoms with E-state index in [9.17, 15) is 19.5 Å². The standard InChI is InChI=1S/C17H21NO6/c1-23-9-5-8-18-14(19)10-17(16(18)22,11-15(20)21)12-6-3-4-7-13(12)24-2/h3-4,6-7H,5,8-11H2,1-2H3,(H,20,21)/t17-/m0/s1. The monoisotopic (exact) mass is 335 g/mol. The van der Waals surface area contributed by atoms with Crippen LogP contribution >= 0.6 is 0 Å². The summed E-state index contributed by atoms with van der Waals surface area (Å²) in [5, 5.41) is 9.33. The molecule has 1 aromatic carbocycles. The van der Waals surface area contributed by atoms with Gasteiger partial charge in [0.2, 0.25) is 11.8 Å². The van der Waals surface area contributed by atoms with Crippen LogP contribution in [0.3, 0.4) is 0 Å². The first-order chi connectivity index (χ1) is 11.5. The molecule has 0 bridgehead atoms. The normalized spacial score (nSPS) is 20.5. The third-order valence-corrected chi connectivity index (χ3v) is 4.21. The van der Waals surface area contributed by atoms with Gasteiger partial charge in [0.05, 0.1) is 18.9 Å². The largest absolute Gasteiger partial charge is 0.496 e. The van der Waals surface area contributed by atoms with E-state index in [1.54, 1.807) is 24.3 Å². The zero-order valence-electron chi connectivity index (χ0n) is 13.8. The number of benzene rings is 1. The minimum atomic E-state index is -1.43. The van der Waals surface area contributed by atoms with Crippen molar-refractivity contribution in [3.8, 4) is 5.75 Å². The molecule has 130 valence electrons. The summed E-state index contributed by atoms with van der Waals surface area (Å²) in [6.45, 7) is 0.625. The summed E-state index contributed by atoms with van der Waals surface area (Å²) >= 11 is 0. The summed E-state index contributed by atoms with van der Waals surface area (Å²) in [6, 6.07) is 6.73. The van der Waals surface area contributed by atoms with Crippen LogP contribution in [0, 0.1) is 0 Å². The molecule has 1 aliphatic rings. The highest BCUT2D eigenvalue weighted by Crippen LogP contribution is 2.43. The number of likely N-dealkylation sites (tertiary alicyclic amines) is 1. The number of carboxylic acids is 1. The molecule has 2 amide bonds. The molecule has 0 radical (unpaired) electrons. The molecule has 7 nitrogen and oxygen atoms in total. The van der Waals surface area contributed by atoms with Crippen molar-refractivity contribution in [1.29, 1.82) is 0 Å². The Labute approximate surface area is 140 Å². The average Bonchev–Trinajstić information content (AvgIpc) is 2.79. The molecule has 1 heterocycles. The molecule has 0 saturated carbocycles. The fourth-order valence-electron chi connectivity index (χ4n) is 3.14.